The Hall–Kier alpha value is -3.31. The Bertz CT molecular complexity index is 1040. The average Bonchev–Trinajstić information content (AvgIpc) is 2.67. The van der Waals surface area contributed by atoms with Gasteiger partial charge in [-0.25, -0.2) is 4.99 Å². The second-order valence-corrected chi connectivity index (χ2v) is 7.64. The highest BCUT2D eigenvalue weighted by Crippen LogP contribution is 2.36. The first-order valence-electron chi connectivity index (χ1n) is 8.73. The topological polar surface area (TPSA) is 180 Å². The zero-order valence-electron chi connectivity index (χ0n) is 15.9. The summed E-state index contributed by atoms with van der Waals surface area (Å²) in [4.78, 5) is 39.7. The van der Waals surface area contributed by atoms with E-state index in [4.69, 9.17) is 28.2 Å². The zero-order chi connectivity index (χ0) is 23.1. The van der Waals surface area contributed by atoms with Crippen LogP contribution in [0.3, 0.4) is 0 Å². The van der Waals surface area contributed by atoms with Crippen molar-refractivity contribution in [1.29, 1.82) is 0 Å². The molecule has 0 spiro atoms. The maximum absolute atomic E-state index is 12.3. The van der Waals surface area contributed by atoms with E-state index in [1.165, 1.54) is 24.3 Å². The number of halogens is 2. The summed E-state index contributed by atoms with van der Waals surface area (Å²) in [5.74, 6) is -2.96. The SMILES string of the molecule is NC(N)=Nc1cccc(C(=O)NCC(=O)NC(CC(=O)O)c2cc(Br)cc(Cl)c2O)c1. The number of carboxylic acid groups (broad SMARTS) is 1. The summed E-state index contributed by atoms with van der Waals surface area (Å²) in [6.45, 7) is -0.441. The number of aliphatic imine (C=N–C) groups is 1. The Kier molecular flexibility index (Phi) is 8.22. The first kappa shape index (κ1) is 24.0. The molecule has 12 heteroatoms. The molecule has 2 amide bonds. The Morgan fingerprint density at radius 3 is 2.55 bits per heavy atom. The van der Waals surface area contributed by atoms with Crippen LogP contribution in [0.1, 0.15) is 28.4 Å². The lowest BCUT2D eigenvalue weighted by Gasteiger charge is -2.19. The van der Waals surface area contributed by atoms with Crippen LogP contribution >= 0.6 is 27.5 Å². The maximum atomic E-state index is 12.3. The van der Waals surface area contributed by atoms with Crippen molar-refractivity contribution in [3.63, 3.8) is 0 Å². The van der Waals surface area contributed by atoms with Crippen molar-refractivity contribution in [1.82, 2.24) is 10.6 Å². The molecule has 0 aliphatic rings. The van der Waals surface area contributed by atoms with Crippen molar-refractivity contribution in [3.05, 3.63) is 57.0 Å². The number of hydrogen-bond donors (Lipinski definition) is 6. The van der Waals surface area contributed by atoms with Crippen LogP contribution in [0.4, 0.5) is 5.69 Å². The van der Waals surface area contributed by atoms with E-state index >= 15 is 0 Å². The van der Waals surface area contributed by atoms with Crippen LogP contribution in [0.5, 0.6) is 5.75 Å². The lowest BCUT2D eigenvalue weighted by atomic mass is 10.0. The normalized spacial score (nSPS) is 11.3. The van der Waals surface area contributed by atoms with E-state index in [2.05, 4.69) is 31.6 Å². The van der Waals surface area contributed by atoms with E-state index in [1.807, 2.05) is 0 Å². The molecule has 0 heterocycles. The number of nitrogens with two attached hydrogens (primary N) is 2. The number of guanidine groups is 1. The molecule has 2 aromatic carbocycles. The fourth-order valence-electron chi connectivity index (χ4n) is 2.64. The minimum Gasteiger partial charge on any atom is -0.506 e. The maximum Gasteiger partial charge on any atom is 0.305 e. The number of aromatic hydroxyl groups is 1. The molecular weight excluding hydrogens is 494 g/mol. The third-order valence-corrected chi connectivity index (χ3v) is 4.67. The third kappa shape index (κ3) is 7.15. The van der Waals surface area contributed by atoms with Crippen LogP contribution in [-0.2, 0) is 9.59 Å². The molecule has 164 valence electrons. The molecule has 0 aliphatic heterocycles. The number of carbonyl (C=O) groups is 3. The van der Waals surface area contributed by atoms with Gasteiger partial charge in [0.15, 0.2) is 5.96 Å². The Morgan fingerprint density at radius 2 is 1.90 bits per heavy atom. The lowest BCUT2D eigenvalue weighted by molar-refractivity contribution is -0.137. The van der Waals surface area contributed by atoms with Gasteiger partial charge in [0.1, 0.15) is 5.75 Å². The zero-order valence-corrected chi connectivity index (χ0v) is 18.3. The van der Waals surface area contributed by atoms with Gasteiger partial charge < -0.3 is 32.3 Å². The summed E-state index contributed by atoms with van der Waals surface area (Å²) in [6, 6.07) is 7.89. The molecule has 2 rings (SSSR count). The van der Waals surface area contributed by atoms with Gasteiger partial charge in [-0.2, -0.15) is 0 Å². The summed E-state index contributed by atoms with van der Waals surface area (Å²) in [7, 11) is 0. The largest absolute Gasteiger partial charge is 0.506 e. The van der Waals surface area contributed by atoms with Gasteiger partial charge >= 0.3 is 5.97 Å². The summed E-state index contributed by atoms with van der Waals surface area (Å²) in [6.07, 6.45) is -0.513. The third-order valence-electron chi connectivity index (χ3n) is 3.92. The highest BCUT2D eigenvalue weighted by atomic mass is 79.9. The number of hydrogen-bond acceptors (Lipinski definition) is 5. The molecule has 2 aromatic rings. The second-order valence-electron chi connectivity index (χ2n) is 6.31. The van der Waals surface area contributed by atoms with E-state index in [-0.39, 0.29) is 27.9 Å². The quantitative estimate of drug-likeness (QED) is 0.230. The molecule has 0 bridgehead atoms. The van der Waals surface area contributed by atoms with Gasteiger partial charge in [-0.05, 0) is 30.3 Å². The van der Waals surface area contributed by atoms with Gasteiger partial charge in [0.25, 0.3) is 5.91 Å². The molecule has 0 fully saturated rings. The number of carboxylic acids is 1. The minimum atomic E-state index is -1.21. The standard InChI is InChI=1S/C19H19BrClN5O5/c20-10-5-12(17(30)13(21)6-10)14(7-16(28)29)26-15(27)8-24-18(31)9-2-1-3-11(4-9)25-19(22)23/h1-6,14,30H,7-8H2,(H,24,31)(H,26,27)(H,28,29)(H4,22,23,25). The molecule has 0 aliphatic carbocycles. The lowest BCUT2D eigenvalue weighted by Crippen LogP contribution is -2.39. The molecule has 10 nitrogen and oxygen atoms in total. The van der Waals surface area contributed by atoms with E-state index in [9.17, 15) is 19.5 Å². The molecule has 0 saturated heterocycles. The summed E-state index contributed by atoms with van der Waals surface area (Å²) in [5, 5.41) is 24.2. The molecule has 0 aromatic heterocycles. The fraction of sp³-hybridized carbons (Fsp3) is 0.158. The van der Waals surface area contributed by atoms with Crippen LogP contribution in [-0.4, -0.2) is 40.5 Å². The minimum absolute atomic E-state index is 0.0111. The number of carbonyl (C=O) groups excluding carboxylic acids is 2. The highest BCUT2D eigenvalue weighted by Gasteiger charge is 2.23. The van der Waals surface area contributed by atoms with Gasteiger partial charge in [-0.3, -0.25) is 14.4 Å². The number of rotatable bonds is 8. The van der Waals surface area contributed by atoms with Crippen molar-refractivity contribution >= 4 is 57.0 Å². The number of phenols is 1. The van der Waals surface area contributed by atoms with Gasteiger partial charge in [0, 0.05) is 15.6 Å². The smallest absolute Gasteiger partial charge is 0.305 e. The van der Waals surface area contributed by atoms with Crippen LogP contribution in [0.25, 0.3) is 0 Å². The van der Waals surface area contributed by atoms with Crippen LogP contribution < -0.4 is 22.1 Å². The van der Waals surface area contributed by atoms with E-state index < -0.39 is 36.8 Å². The summed E-state index contributed by atoms with van der Waals surface area (Å²) >= 11 is 9.14. The molecule has 8 N–H and O–H groups in total. The molecule has 0 radical (unpaired) electrons. The van der Waals surface area contributed by atoms with Crippen molar-refractivity contribution in [3.8, 4) is 5.75 Å². The van der Waals surface area contributed by atoms with Crippen molar-refractivity contribution in [2.45, 2.75) is 12.5 Å². The number of phenolic OH excluding ortho intramolecular Hbond substituents is 1. The fourth-order valence-corrected chi connectivity index (χ4v) is 3.47. The Morgan fingerprint density at radius 1 is 1.19 bits per heavy atom. The number of benzene rings is 2. The summed E-state index contributed by atoms with van der Waals surface area (Å²) in [5.41, 5.74) is 11.3. The van der Waals surface area contributed by atoms with Gasteiger partial charge in [0.2, 0.25) is 5.91 Å². The highest BCUT2D eigenvalue weighted by molar-refractivity contribution is 9.10. The first-order valence-corrected chi connectivity index (χ1v) is 9.91. The summed E-state index contributed by atoms with van der Waals surface area (Å²) < 4.78 is 0.490. The second kappa shape index (κ2) is 10.6. The average molecular weight is 513 g/mol. The monoisotopic (exact) mass is 511 g/mol. The first-order chi connectivity index (χ1) is 14.6. The number of nitrogens with one attached hydrogen (secondary N) is 2. The molecule has 1 atom stereocenters. The Labute approximate surface area is 190 Å². The van der Waals surface area contributed by atoms with E-state index in [0.717, 1.165) is 0 Å². The molecule has 0 saturated carbocycles. The van der Waals surface area contributed by atoms with Crippen LogP contribution in [0.2, 0.25) is 5.02 Å². The molecule has 1 unspecified atom stereocenters. The van der Waals surface area contributed by atoms with Crippen LogP contribution in [0, 0.1) is 0 Å². The number of aliphatic carboxylic acids is 1. The Balaban J connectivity index is 2.09. The molecular formula is C19H19BrClN5O5. The van der Waals surface area contributed by atoms with Crippen molar-refractivity contribution in [2.75, 3.05) is 6.54 Å². The van der Waals surface area contributed by atoms with Gasteiger partial charge in [-0.1, -0.05) is 33.6 Å². The van der Waals surface area contributed by atoms with Gasteiger partial charge in [-0.15, -0.1) is 0 Å². The molecule has 31 heavy (non-hydrogen) atoms. The van der Waals surface area contributed by atoms with Crippen molar-refractivity contribution in [2.24, 2.45) is 16.5 Å². The van der Waals surface area contributed by atoms with E-state index in [0.29, 0.717) is 10.2 Å². The van der Waals surface area contributed by atoms with Crippen molar-refractivity contribution < 1.29 is 24.6 Å². The van der Waals surface area contributed by atoms with Crippen LogP contribution in [0.15, 0.2) is 45.9 Å². The number of nitrogens with zero attached hydrogens (tertiary/aromatic N) is 1. The predicted molar refractivity (Wildman–Crippen MR) is 118 cm³/mol. The number of amides is 2. The van der Waals surface area contributed by atoms with E-state index in [1.54, 1.807) is 12.1 Å². The van der Waals surface area contributed by atoms with Gasteiger partial charge in [0.05, 0.1) is 29.7 Å². The predicted octanol–water partition coefficient (Wildman–Crippen LogP) is 1.78.